The van der Waals surface area contributed by atoms with Crippen LogP contribution in [0.5, 0.6) is 0 Å². The number of hydrogen-bond acceptors (Lipinski definition) is 0. The van der Waals surface area contributed by atoms with Crippen molar-refractivity contribution in [3.05, 3.63) is 36.8 Å². The number of halogens is 4. The van der Waals surface area contributed by atoms with Crippen molar-refractivity contribution in [2.45, 2.75) is 0 Å². The van der Waals surface area contributed by atoms with Crippen LogP contribution >= 0.6 is 0 Å². The van der Waals surface area contributed by atoms with Crippen molar-refractivity contribution in [2.75, 3.05) is 0 Å². The second-order valence-corrected chi connectivity index (χ2v) is 0.829. The molecule has 0 aromatic heterocycles. The van der Waals surface area contributed by atoms with Crippen LogP contribution < -0.4 is 0 Å². The fourth-order valence-corrected chi connectivity index (χ4v) is 0.0386. The van der Waals surface area contributed by atoms with E-state index in [9.17, 15) is 17.6 Å². The summed E-state index contributed by atoms with van der Waals surface area (Å²) in [5.41, 5.74) is 4.05. The first kappa shape index (κ1) is 11.5. The highest BCUT2D eigenvalue weighted by atomic mass is 19.3. The Bertz CT molecular complexity index is 166. The standard InChI is InChI=1S/C4H3F.C2HF3/c1-2-3-4-5;3-1-2(4)5/h4H,1H2;1H. The van der Waals surface area contributed by atoms with E-state index in [1.54, 1.807) is 0 Å². The molecule has 0 heterocycles. The summed E-state index contributed by atoms with van der Waals surface area (Å²) in [5, 5.41) is 0. The van der Waals surface area contributed by atoms with Crippen LogP contribution in [-0.2, 0) is 0 Å². The molecule has 10 heavy (non-hydrogen) atoms. The summed E-state index contributed by atoms with van der Waals surface area (Å²) in [6.45, 7) is 3.04. The summed E-state index contributed by atoms with van der Waals surface area (Å²) in [4.78, 5) is 0. The van der Waals surface area contributed by atoms with E-state index in [4.69, 9.17) is 0 Å². The lowest BCUT2D eigenvalue weighted by Gasteiger charge is -1.59. The fourth-order valence-electron chi connectivity index (χ4n) is 0.0386. The van der Waals surface area contributed by atoms with Crippen LogP contribution in [0, 0.1) is 0 Å². The zero-order valence-corrected chi connectivity index (χ0v) is 4.87. The van der Waals surface area contributed by atoms with E-state index in [1.807, 2.05) is 5.73 Å². The third-order valence-electron chi connectivity index (χ3n) is 0.239. The monoisotopic (exact) mass is 152 g/mol. The van der Waals surface area contributed by atoms with E-state index in [2.05, 4.69) is 12.3 Å². The average Bonchev–Trinajstić information content (AvgIpc) is 1.91. The van der Waals surface area contributed by atoms with Crippen molar-refractivity contribution in [1.82, 2.24) is 0 Å². The summed E-state index contributed by atoms with van der Waals surface area (Å²) in [6.07, 6.45) is -2.78. The van der Waals surface area contributed by atoms with Gasteiger partial charge in [-0.05, 0) is 12.3 Å². The Labute approximate surface area is 55.5 Å². The second-order valence-electron chi connectivity index (χ2n) is 0.829. The Morgan fingerprint density at radius 2 is 1.70 bits per heavy atom. The van der Waals surface area contributed by atoms with Crippen LogP contribution in [0.2, 0.25) is 0 Å². The largest absolute Gasteiger partial charge is 0.298 e. The van der Waals surface area contributed by atoms with Crippen molar-refractivity contribution in [3.63, 3.8) is 0 Å². The highest BCUT2D eigenvalue weighted by molar-refractivity contribution is 4.71. The molecule has 0 aliphatic rings. The van der Waals surface area contributed by atoms with Gasteiger partial charge in [0.05, 0.1) is 0 Å². The van der Waals surface area contributed by atoms with Crippen LogP contribution in [0.3, 0.4) is 0 Å². The summed E-state index contributed by atoms with van der Waals surface area (Å²) < 4.78 is 41.4. The molecule has 0 saturated heterocycles. The maximum atomic E-state index is 10.7. The molecule has 0 bridgehead atoms. The van der Waals surface area contributed by atoms with E-state index in [0.717, 1.165) is 0 Å². The lowest BCUT2D eigenvalue weighted by atomic mass is 10.8. The molecular formula is C6H4F4. The van der Waals surface area contributed by atoms with Crippen molar-refractivity contribution in [2.24, 2.45) is 0 Å². The molecule has 56 valence electrons. The van der Waals surface area contributed by atoms with Gasteiger partial charge in [-0.3, -0.25) is 0 Å². The molecule has 4 heteroatoms. The molecule has 0 nitrogen and oxygen atoms in total. The molecule has 0 radical (unpaired) electrons. The van der Waals surface area contributed by atoms with E-state index in [0.29, 0.717) is 0 Å². The van der Waals surface area contributed by atoms with E-state index in [-0.39, 0.29) is 6.33 Å². The Kier molecular flexibility index (Phi) is 12.3. The highest BCUT2D eigenvalue weighted by Crippen LogP contribution is 1.93. The summed E-state index contributed by atoms with van der Waals surface area (Å²) >= 11 is 0. The summed E-state index contributed by atoms with van der Waals surface area (Å²) in [7, 11) is 0. The molecule has 0 spiro atoms. The molecule has 0 rings (SSSR count). The van der Waals surface area contributed by atoms with Crippen molar-refractivity contribution < 1.29 is 17.6 Å². The quantitative estimate of drug-likeness (QED) is 0.369. The highest BCUT2D eigenvalue weighted by Gasteiger charge is 1.78. The topological polar surface area (TPSA) is 0 Å². The maximum absolute atomic E-state index is 10.7. The fraction of sp³-hybridized carbons (Fsp3) is 0. The lowest BCUT2D eigenvalue weighted by Crippen LogP contribution is -1.42. The van der Waals surface area contributed by atoms with Gasteiger partial charge in [0.15, 0.2) is 6.33 Å². The Morgan fingerprint density at radius 1 is 1.30 bits per heavy atom. The van der Waals surface area contributed by atoms with Crippen LogP contribution in [0.1, 0.15) is 0 Å². The minimum atomic E-state index is -2.29. The van der Waals surface area contributed by atoms with Crippen molar-refractivity contribution in [3.8, 4) is 0 Å². The Hall–Kier alpha value is -1.24. The lowest BCUT2D eigenvalue weighted by molar-refractivity contribution is 0.400. The zero-order valence-electron chi connectivity index (χ0n) is 4.87. The van der Waals surface area contributed by atoms with Crippen molar-refractivity contribution in [1.29, 1.82) is 0 Å². The SMILES string of the molecule is C=C=C=CF.FC=C(F)F. The first-order valence-corrected chi connectivity index (χ1v) is 2.00. The Balaban J connectivity index is 0. The van der Waals surface area contributed by atoms with Gasteiger partial charge >= 0.3 is 0 Å². The van der Waals surface area contributed by atoms with Gasteiger partial charge in [0.1, 0.15) is 6.33 Å². The molecule has 0 amide bonds. The molecular weight excluding hydrogens is 148 g/mol. The van der Waals surface area contributed by atoms with Gasteiger partial charge in [-0.2, -0.15) is 8.78 Å². The zero-order chi connectivity index (χ0) is 8.41. The normalized spacial score (nSPS) is 5.60. The smallest absolute Gasteiger partial charge is 0.210 e. The minimum absolute atomic E-state index is 0.257. The third kappa shape index (κ3) is 29.4. The molecule has 0 aliphatic carbocycles. The van der Waals surface area contributed by atoms with E-state index in [1.165, 1.54) is 0 Å². The van der Waals surface area contributed by atoms with Gasteiger partial charge in [0, 0.05) is 0 Å². The second kappa shape index (κ2) is 10.7. The molecule has 0 fully saturated rings. The van der Waals surface area contributed by atoms with Gasteiger partial charge in [-0.25, -0.2) is 8.78 Å². The molecule has 0 atom stereocenters. The molecule has 0 aliphatic heterocycles. The third-order valence-corrected chi connectivity index (χ3v) is 0.239. The maximum Gasteiger partial charge on any atom is 0.298 e. The van der Waals surface area contributed by atoms with Crippen LogP contribution in [0.4, 0.5) is 17.6 Å². The number of rotatable bonds is 0. The first-order valence-electron chi connectivity index (χ1n) is 2.00. The predicted octanol–water partition coefficient (Wildman–Crippen LogP) is 3.10. The first-order chi connectivity index (χ1) is 4.68. The van der Waals surface area contributed by atoms with Gasteiger partial charge < -0.3 is 0 Å². The minimum Gasteiger partial charge on any atom is -0.210 e. The van der Waals surface area contributed by atoms with E-state index >= 15 is 0 Å². The molecule has 0 aromatic carbocycles. The van der Waals surface area contributed by atoms with Crippen LogP contribution in [0.25, 0.3) is 0 Å². The van der Waals surface area contributed by atoms with Crippen molar-refractivity contribution >= 4 is 0 Å². The predicted molar refractivity (Wildman–Crippen MR) is 29.7 cm³/mol. The molecule has 0 N–H and O–H groups in total. The summed E-state index contributed by atoms with van der Waals surface area (Å²) in [6, 6.07) is 0. The van der Waals surface area contributed by atoms with Crippen LogP contribution in [-0.4, -0.2) is 0 Å². The van der Waals surface area contributed by atoms with Crippen LogP contribution in [0.15, 0.2) is 36.8 Å². The van der Waals surface area contributed by atoms with Gasteiger partial charge in [0.2, 0.25) is 0 Å². The van der Waals surface area contributed by atoms with Gasteiger partial charge in [0.25, 0.3) is 6.08 Å². The van der Waals surface area contributed by atoms with E-state index < -0.39 is 12.4 Å². The Morgan fingerprint density at radius 3 is 1.70 bits per heavy atom. The van der Waals surface area contributed by atoms with Gasteiger partial charge in [-0.1, -0.05) is 5.73 Å². The summed E-state index contributed by atoms with van der Waals surface area (Å²) in [5.74, 6) is 0. The van der Waals surface area contributed by atoms with Gasteiger partial charge in [-0.15, -0.1) is 0 Å². The molecule has 0 saturated carbocycles. The average molecular weight is 152 g/mol. The molecule has 0 unspecified atom stereocenters. The molecule has 0 aromatic rings. The number of hydrogen-bond donors (Lipinski definition) is 0.